The topological polar surface area (TPSA) is 72.6 Å². The summed E-state index contributed by atoms with van der Waals surface area (Å²) in [5.41, 5.74) is 1.62. The van der Waals surface area contributed by atoms with Crippen LogP contribution in [0.2, 0.25) is 0 Å². The van der Waals surface area contributed by atoms with Gasteiger partial charge in [-0.05, 0) is 24.6 Å². The molecular weight excluding hydrogens is 278 g/mol. The van der Waals surface area contributed by atoms with Crippen molar-refractivity contribution >= 4 is 17.7 Å². The van der Waals surface area contributed by atoms with Crippen LogP contribution >= 0.6 is 11.8 Å². The number of aryl methyl sites for hydroxylation is 1. The van der Waals surface area contributed by atoms with Crippen LogP contribution in [0.3, 0.4) is 0 Å². The summed E-state index contributed by atoms with van der Waals surface area (Å²) in [7, 11) is 0. The number of carboxylic acids is 1. The van der Waals surface area contributed by atoms with Gasteiger partial charge >= 0.3 is 5.97 Å². The number of thioether (sulfide) groups is 1. The highest BCUT2D eigenvalue weighted by Crippen LogP contribution is 2.17. The van der Waals surface area contributed by atoms with E-state index in [1.807, 2.05) is 6.92 Å². The zero-order chi connectivity index (χ0) is 14.4. The van der Waals surface area contributed by atoms with Gasteiger partial charge in [-0.25, -0.2) is 4.98 Å². The van der Waals surface area contributed by atoms with Crippen molar-refractivity contribution in [1.29, 1.82) is 0 Å². The van der Waals surface area contributed by atoms with Gasteiger partial charge in [0.1, 0.15) is 12.0 Å². The van der Waals surface area contributed by atoms with E-state index < -0.39 is 5.97 Å². The first-order valence-corrected chi connectivity index (χ1v) is 7.10. The molecule has 0 unspecified atom stereocenters. The number of carbonyl (C=O) groups is 1. The molecule has 0 spiro atoms. The summed E-state index contributed by atoms with van der Waals surface area (Å²) in [4.78, 5) is 14.7. The van der Waals surface area contributed by atoms with Crippen LogP contribution in [0.25, 0.3) is 0 Å². The zero-order valence-electron chi connectivity index (χ0n) is 11.0. The van der Waals surface area contributed by atoms with E-state index in [0.717, 1.165) is 22.8 Å². The van der Waals surface area contributed by atoms with E-state index in [9.17, 15) is 4.79 Å². The van der Waals surface area contributed by atoms with Gasteiger partial charge in [-0.15, -0.1) is 0 Å². The van der Waals surface area contributed by atoms with Crippen LogP contribution < -0.4 is 4.74 Å². The highest BCUT2D eigenvalue weighted by Gasteiger charge is 2.03. The molecule has 5 nitrogen and oxygen atoms in total. The van der Waals surface area contributed by atoms with Crippen LogP contribution in [0.4, 0.5) is 0 Å². The van der Waals surface area contributed by atoms with Gasteiger partial charge in [0.2, 0.25) is 0 Å². The van der Waals surface area contributed by atoms with Crippen LogP contribution in [0.15, 0.2) is 40.2 Å². The summed E-state index contributed by atoms with van der Waals surface area (Å²) in [5, 5.41) is 9.31. The molecule has 0 saturated heterocycles. The van der Waals surface area contributed by atoms with E-state index in [4.69, 9.17) is 14.3 Å². The minimum absolute atomic E-state index is 0.0274. The third-order valence-electron chi connectivity index (χ3n) is 2.45. The SMILES string of the molecule is Cc1coc(SCCOc2ccc(CC(=O)O)cc2)n1. The van der Waals surface area contributed by atoms with E-state index in [1.165, 1.54) is 11.8 Å². The minimum Gasteiger partial charge on any atom is -0.493 e. The Labute approximate surface area is 121 Å². The Kier molecular flexibility index (Phi) is 5.06. The molecule has 20 heavy (non-hydrogen) atoms. The minimum atomic E-state index is -0.837. The van der Waals surface area contributed by atoms with Crippen molar-refractivity contribution < 1.29 is 19.1 Å². The number of oxazole rings is 1. The lowest BCUT2D eigenvalue weighted by atomic mass is 10.1. The quantitative estimate of drug-likeness (QED) is 0.625. The molecule has 0 radical (unpaired) electrons. The van der Waals surface area contributed by atoms with Gasteiger partial charge in [-0.2, -0.15) is 0 Å². The zero-order valence-corrected chi connectivity index (χ0v) is 11.9. The largest absolute Gasteiger partial charge is 0.493 e. The van der Waals surface area contributed by atoms with E-state index >= 15 is 0 Å². The van der Waals surface area contributed by atoms with Crippen molar-refractivity contribution in [2.75, 3.05) is 12.4 Å². The maximum atomic E-state index is 10.6. The Morgan fingerprint density at radius 1 is 1.40 bits per heavy atom. The van der Waals surface area contributed by atoms with Gasteiger partial charge in [0.25, 0.3) is 5.22 Å². The fourth-order valence-corrected chi connectivity index (χ4v) is 2.23. The molecular formula is C14H15NO4S. The number of benzene rings is 1. The van der Waals surface area contributed by atoms with Crippen LogP contribution in [-0.2, 0) is 11.2 Å². The second-order valence-corrected chi connectivity index (χ2v) is 5.21. The Morgan fingerprint density at radius 2 is 2.15 bits per heavy atom. The average Bonchev–Trinajstić information content (AvgIpc) is 2.82. The molecule has 0 fully saturated rings. The van der Waals surface area contributed by atoms with Gasteiger partial charge in [0.15, 0.2) is 0 Å². The number of aromatic nitrogens is 1. The lowest BCUT2D eigenvalue weighted by molar-refractivity contribution is -0.136. The maximum absolute atomic E-state index is 10.6. The first-order valence-electron chi connectivity index (χ1n) is 6.12. The predicted molar refractivity (Wildman–Crippen MR) is 75.2 cm³/mol. The molecule has 1 heterocycles. The molecule has 0 saturated carbocycles. The molecule has 2 rings (SSSR count). The molecule has 0 amide bonds. The van der Waals surface area contributed by atoms with Gasteiger partial charge < -0.3 is 14.3 Å². The molecule has 2 aromatic rings. The number of nitrogens with zero attached hydrogens (tertiary/aromatic N) is 1. The highest BCUT2D eigenvalue weighted by molar-refractivity contribution is 7.99. The number of carboxylic acid groups (broad SMARTS) is 1. The summed E-state index contributed by atoms with van der Waals surface area (Å²) in [5.74, 6) is 0.622. The van der Waals surface area contributed by atoms with Crippen LogP contribution in [0.5, 0.6) is 5.75 Å². The Bertz CT molecular complexity index is 565. The normalized spacial score (nSPS) is 10.4. The van der Waals surface area contributed by atoms with Crippen LogP contribution in [0.1, 0.15) is 11.3 Å². The van der Waals surface area contributed by atoms with Crippen molar-refractivity contribution in [2.45, 2.75) is 18.6 Å². The van der Waals surface area contributed by atoms with E-state index in [-0.39, 0.29) is 6.42 Å². The molecule has 1 aromatic carbocycles. The van der Waals surface area contributed by atoms with Crippen molar-refractivity contribution in [3.63, 3.8) is 0 Å². The predicted octanol–water partition coefficient (Wildman–Crippen LogP) is 2.78. The van der Waals surface area contributed by atoms with E-state index in [2.05, 4.69) is 4.98 Å². The fraction of sp³-hybridized carbons (Fsp3) is 0.286. The Morgan fingerprint density at radius 3 is 2.75 bits per heavy atom. The molecule has 6 heteroatoms. The molecule has 0 bridgehead atoms. The standard InChI is InChI=1S/C14H15NO4S/c1-10-9-19-14(15-10)20-7-6-18-12-4-2-11(3-5-12)8-13(16)17/h2-5,9H,6-8H2,1H3,(H,16,17). The monoisotopic (exact) mass is 293 g/mol. The molecule has 1 aromatic heterocycles. The summed E-state index contributed by atoms with van der Waals surface area (Å²) in [6, 6.07) is 7.07. The lowest BCUT2D eigenvalue weighted by Gasteiger charge is -2.05. The number of hydrogen-bond donors (Lipinski definition) is 1. The number of hydrogen-bond acceptors (Lipinski definition) is 5. The fourth-order valence-electron chi connectivity index (χ4n) is 1.57. The molecule has 1 N–H and O–H groups in total. The summed E-state index contributed by atoms with van der Waals surface area (Å²) < 4.78 is 10.8. The molecule has 0 aliphatic heterocycles. The first kappa shape index (κ1) is 14.5. The second-order valence-electron chi connectivity index (χ2n) is 4.17. The molecule has 0 aliphatic carbocycles. The smallest absolute Gasteiger partial charge is 0.307 e. The van der Waals surface area contributed by atoms with Crippen molar-refractivity contribution in [3.8, 4) is 5.75 Å². The van der Waals surface area contributed by atoms with Gasteiger partial charge in [-0.3, -0.25) is 4.79 Å². The van der Waals surface area contributed by atoms with Crippen LogP contribution in [-0.4, -0.2) is 28.4 Å². The number of ether oxygens (including phenoxy) is 1. The number of rotatable bonds is 7. The summed E-state index contributed by atoms with van der Waals surface area (Å²) >= 11 is 1.49. The third-order valence-corrected chi connectivity index (χ3v) is 3.26. The van der Waals surface area contributed by atoms with E-state index in [0.29, 0.717) is 11.8 Å². The van der Waals surface area contributed by atoms with Gasteiger partial charge in [0.05, 0.1) is 18.7 Å². The second kappa shape index (κ2) is 7.00. The maximum Gasteiger partial charge on any atom is 0.307 e. The van der Waals surface area contributed by atoms with Crippen molar-refractivity contribution in [3.05, 3.63) is 41.8 Å². The Balaban J connectivity index is 1.72. The average molecular weight is 293 g/mol. The number of aliphatic carboxylic acids is 1. The van der Waals surface area contributed by atoms with Crippen LogP contribution in [0, 0.1) is 6.92 Å². The van der Waals surface area contributed by atoms with E-state index in [1.54, 1.807) is 30.5 Å². The van der Waals surface area contributed by atoms with Crippen molar-refractivity contribution in [1.82, 2.24) is 4.98 Å². The highest BCUT2D eigenvalue weighted by atomic mass is 32.2. The Hall–Kier alpha value is -1.95. The molecule has 106 valence electrons. The van der Waals surface area contributed by atoms with Crippen molar-refractivity contribution in [2.24, 2.45) is 0 Å². The lowest BCUT2D eigenvalue weighted by Crippen LogP contribution is -2.02. The van der Waals surface area contributed by atoms with Gasteiger partial charge in [0, 0.05) is 5.75 Å². The first-order chi connectivity index (χ1) is 9.63. The van der Waals surface area contributed by atoms with Gasteiger partial charge in [-0.1, -0.05) is 23.9 Å². The summed E-state index contributed by atoms with van der Waals surface area (Å²) in [6.45, 7) is 2.41. The molecule has 0 atom stereocenters. The third kappa shape index (κ3) is 4.62. The summed E-state index contributed by atoms with van der Waals surface area (Å²) in [6.07, 6.45) is 1.64. The molecule has 0 aliphatic rings.